The number of amides is 2. The van der Waals surface area contributed by atoms with Gasteiger partial charge in [-0.1, -0.05) is 11.6 Å². The molecule has 156 valence electrons. The van der Waals surface area contributed by atoms with Crippen LogP contribution in [0.3, 0.4) is 0 Å². The first-order valence-electron chi connectivity index (χ1n) is 10.9. The van der Waals surface area contributed by atoms with E-state index >= 15 is 0 Å². The maximum Gasteiger partial charge on any atom is 0.232 e. The van der Waals surface area contributed by atoms with E-state index in [1.807, 2.05) is 17.0 Å². The van der Waals surface area contributed by atoms with Crippen LogP contribution in [0.4, 0.5) is 0 Å². The number of nitrogens with one attached hydrogen (secondary N) is 1. The van der Waals surface area contributed by atoms with Crippen molar-refractivity contribution in [1.82, 2.24) is 15.2 Å². The molecule has 4 rings (SSSR count). The number of hydrogen-bond acceptors (Lipinski definition) is 4. The topological polar surface area (TPSA) is 62.3 Å². The second kappa shape index (κ2) is 9.33. The predicted molar refractivity (Wildman–Crippen MR) is 115 cm³/mol. The van der Waals surface area contributed by atoms with Crippen molar-refractivity contribution in [2.75, 3.05) is 25.4 Å². The van der Waals surface area contributed by atoms with Crippen molar-refractivity contribution in [2.45, 2.75) is 56.3 Å². The van der Waals surface area contributed by atoms with Crippen LogP contribution in [0.1, 0.15) is 51.4 Å². The van der Waals surface area contributed by atoms with E-state index in [0.29, 0.717) is 5.75 Å². The van der Waals surface area contributed by atoms with Crippen molar-refractivity contribution < 1.29 is 9.59 Å². The molecular weight excluding hydrogens is 382 g/mol. The number of piperidine rings is 1. The Morgan fingerprint density at radius 1 is 1.21 bits per heavy atom. The van der Waals surface area contributed by atoms with Crippen LogP contribution in [0.2, 0.25) is 0 Å². The molecule has 1 saturated carbocycles. The first kappa shape index (κ1) is 20.5. The summed E-state index contributed by atoms with van der Waals surface area (Å²) in [7, 11) is 0. The zero-order chi connectivity index (χ0) is 20.1. The minimum atomic E-state index is 0.156. The molecule has 5 nitrogen and oxygen atoms in total. The van der Waals surface area contributed by atoms with E-state index in [0.717, 1.165) is 50.2 Å². The second-order valence-corrected chi connectivity index (χ2v) is 9.67. The Balaban J connectivity index is 1.16. The second-order valence-electron chi connectivity index (χ2n) is 8.62. The van der Waals surface area contributed by atoms with Crippen molar-refractivity contribution in [2.24, 2.45) is 11.3 Å². The Labute approximate surface area is 177 Å². The average Bonchev–Trinajstić information content (AvgIpc) is 3.47. The van der Waals surface area contributed by atoms with E-state index in [1.54, 1.807) is 24.2 Å². The molecule has 1 saturated heterocycles. The van der Waals surface area contributed by atoms with Crippen molar-refractivity contribution in [1.29, 1.82) is 0 Å². The fourth-order valence-corrected chi connectivity index (χ4v) is 5.53. The van der Waals surface area contributed by atoms with Gasteiger partial charge in [0.1, 0.15) is 0 Å². The van der Waals surface area contributed by atoms with Crippen LogP contribution in [-0.4, -0.2) is 47.1 Å². The van der Waals surface area contributed by atoms with E-state index in [2.05, 4.69) is 16.4 Å². The lowest BCUT2D eigenvalue weighted by Crippen LogP contribution is -2.41. The highest BCUT2D eigenvalue weighted by Crippen LogP contribution is 2.59. The summed E-state index contributed by atoms with van der Waals surface area (Å²) in [5.41, 5.74) is 1.67. The van der Waals surface area contributed by atoms with Crippen molar-refractivity contribution >= 4 is 23.6 Å². The summed E-state index contributed by atoms with van der Waals surface area (Å²) in [6.07, 6.45) is 14.8. The summed E-state index contributed by atoms with van der Waals surface area (Å²) in [6, 6.07) is 3.86. The van der Waals surface area contributed by atoms with Gasteiger partial charge in [-0.15, -0.1) is 11.8 Å². The number of thioether (sulfide) groups is 1. The summed E-state index contributed by atoms with van der Waals surface area (Å²) in [4.78, 5) is 32.1. The standard InChI is InChI=1S/C23H31N3O2S/c27-21(17-29-19-7-11-24-12-8-19)26-14-9-23(10-15-26)16-20(23)22(28)25-13-6-18-4-2-1-3-5-18/h4,7-8,11-12,20H,1-3,5-6,9-10,13-17H2,(H,25,28). The number of carbonyl (C=O) groups is 2. The lowest BCUT2D eigenvalue weighted by molar-refractivity contribution is -0.130. The third kappa shape index (κ3) is 5.21. The van der Waals surface area contributed by atoms with E-state index in [4.69, 9.17) is 0 Å². The lowest BCUT2D eigenvalue weighted by atomic mass is 9.90. The van der Waals surface area contributed by atoms with Crippen LogP contribution in [0.5, 0.6) is 0 Å². The van der Waals surface area contributed by atoms with E-state index < -0.39 is 0 Å². The average molecular weight is 414 g/mol. The molecule has 1 unspecified atom stereocenters. The molecule has 0 aromatic carbocycles. The molecule has 2 fully saturated rings. The SMILES string of the molecule is O=C(NCCC1=CCCCC1)C1CC12CCN(C(=O)CSc1ccncc1)CC2. The highest BCUT2D eigenvalue weighted by Gasteiger charge is 2.58. The van der Waals surface area contributed by atoms with Crippen LogP contribution in [0.25, 0.3) is 0 Å². The Bertz CT molecular complexity index is 757. The van der Waals surface area contributed by atoms with Crippen molar-refractivity contribution in [3.8, 4) is 0 Å². The quantitative estimate of drug-likeness (QED) is 0.545. The molecule has 1 aromatic heterocycles. The Kier molecular flexibility index (Phi) is 6.58. The minimum Gasteiger partial charge on any atom is -0.356 e. The zero-order valence-electron chi connectivity index (χ0n) is 17.1. The number of rotatable bonds is 7. The Morgan fingerprint density at radius 3 is 2.72 bits per heavy atom. The number of allylic oxidation sites excluding steroid dienone is 1. The highest BCUT2D eigenvalue weighted by atomic mass is 32.2. The summed E-state index contributed by atoms with van der Waals surface area (Å²) >= 11 is 1.56. The Hall–Kier alpha value is -1.82. The summed E-state index contributed by atoms with van der Waals surface area (Å²) in [5, 5.41) is 3.17. The number of likely N-dealkylation sites (tertiary alicyclic amines) is 1. The normalized spacial score (nSPS) is 22.8. The minimum absolute atomic E-state index is 0.156. The molecule has 29 heavy (non-hydrogen) atoms. The van der Waals surface area contributed by atoms with Crippen molar-refractivity contribution in [3.05, 3.63) is 36.2 Å². The van der Waals surface area contributed by atoms with Crippen LogP contribution in [-0.2, 0) is 9.59 Å². The van der Waals surface area contributed by atoms with Gasteiger partial charge in [0.15, 0.2) is 0 Å². The number of nitrogens with zero attached hydrogens (tertiary/aromatic N) is 2. The lowest BCUT2D eigenvalue weighted by Gasteiger charge is -2.33. The summed E-state index contributed by atoms with van der Waals surface area (Å²) < 4.78 is 0. The van der Waals surface area contributed by atoms with Gasteiger partial charge >= 0.3 is 0 Å². The van der Waals surface area contributed by atoms with Gasteiger partial charge in [-0.05, 0) is 68.9 Å². The molecule has 2 amide bonds. The highest BCUT2D eigenvalue weighted by molar-refractivity contribution is 8.00. The molecule has 3 aliphatic rings. The van der Waals surface area contributed by atoms with Crippen LogP contribution >= 0.6 is 11.8 Å². The third-order valence-corrected chi connectivity index (χ3v) is 7.76. The van der Waals surface area contributed by atoms with Crippen molar-refractivity contribution in [3.63, 3.8) is 0 Å². The van der Waals surface area contributed by atoms with Gasteiger partial charge in [-0.3, -0.25) is 14.6 Å². The van der Waals surface area contributed by atoms with Gasteiger partial charge in [0.05, 0.1) is 5.75 Å². The zero-order valence-corrected chi connectivity index (χ0v) is 17.9. The number of hydrogen-bond donors (Lipinski definition) is 1. The third-order valence-electron chi connectivity index (χ3n) is 6.76. The number of aromatic nitrogens is 1. The van der Waals surface area contributed by atoms with Crippen LogP contribution in [0.15, 0.2) is 41.1 Å². The fourth-order valence-electron chi connectivity index (χ4n) is 4.74. The first-order chi connectivity index (χ1) is 14.2. The molecular formula is C23H31N3O2S. The monoisotopic (exact) mass is 413 g/mol. The molecule has 2 heterocycles. The molecule has 1 N–H and O–H groups in total. The van der Waals surface area contributed by atoms with Gasteiger partial charge in [-0.2, -0.15) is 0 Å². The molecule has 6 heteroatoms. The number of carbonyl (C=O) groups excluding carboxylic acids is 2. The molecule has 1 aliphatic heterocycles. The molecule has 1 aromatic rings. The first-order valence-corrected chi connectivity index (χ1v) is 11.9. The van der Waals surface area contributed by atoms with E-state index in [-0.39, 0.29) is 23.1 Å². The Morgan fingerprint density at radius 2 is 2.00 bits per heavy atom. The smallest absolute Gasteiger partial charge is 0.232 e. The predicted octanol–water partition coefficient (Wildman–Crippen LogP) is 3.81. The van der Waals surface area contributed by atoms with Gasteiger partial charge in [0.2, 0.25) is 11.8 Å². The number of pyridine rings is 1. The van der Waals surface area contributed by atoms with Crippen LogP contribution in [0, 0.1) is 11.3 Å². The van der Waals surface area contributed by atoms with E-state index in [9.17, 15) is 9.59 Å². The molecule has 1 spiro atoms. The van der Waals surface area contributed by atoms with Gasteiger partial charge in [0, 0.05) is 42.8 Å². The van der Waals surface area contributed by atoms with Crippen LogP contribution < -0.4 is 5.32 Å². The molecule has 0 bridgehead atoms. The maximum absolute atomic E-state index is 12.6. The van der Waals surface area contributed by atoms with Gasteiger partial charge < -0.3 is 10.2 Å². The maximum atomic E-state index is 12.6. The van der Waals surface area contributed by atoms with Gasteiger partial charge in [0.25, 0.3) is 0 Å². The fraction of sp³-hybridized carbons (Fsp3) is 0.609. The summed E-state index contributed by atoms with van der Waals surface area (Å²) in [6.45, 7) is 2.34. The molecule has 1 atom stereocenters. The van der Waals surface area contributed by atoms with E-state index in [1.165, 1.54) is 31.3 Å². The largest absolute Gasteiger partial charge is 0.356 e. The van der Waals surface area contributed by atoms with Gasteiger partial charge in [-0.25, -0.2) is 0 Å². The molecule has 0 radical (unpaired) electrons. The summed E-state index contributed by atoms with van der Waals surface area (Å²) in [5.74, 6) is 1.06. The molecule has 2 aliphatic carbocycles.